The lowest BCUT2D eigenvalue weighted by Gasteiger charge is -2.40. The van der Waals surface area contributed by atoms with Crippen molar-refractivity contribution in [1.29, 1.82) is 0 Å². The van der Waals surface area contributed by atoms with Gasteiger partial charge < -0.3 is 10.6 Å². The highest BCUT2D eigenvalue weighted by Crippen LogP contribution is 2.35. The van der Waals surface area contributed by atoms with E-state index < -0.39 is 0 Å². The number of hydrogen-bond donors (Lipinski definition) is 2. The van der Waals surface area contributed by atoms with E-state index >= 15 is 0 Å². The van der Waals surface area contributed by atoms with E-state index in [4.69, 9.17) is 0 Å². The number of urea groups is 1. The summed E-state index contributed by atoms with van der Waals surface area (Å²) in [5.41, 5.74) is 1.02. The lowest BCUT2D eigenvalue weighted by molar-refractivity contribution is 0.158. The molecule has 0 saturated heterocycles. The van der Waals surface area contributed by atoms with Gasteiger partial charge in [0.05, 0.1) is 0 Å². The van der Waals surface area contributed by atoms with E-state index in [1.54, 1.807) is 0 Å². The third kappa shape index (κ3) is 3.25. The van der Waals surface area contributed by atoms with Gasteiger partial charge in [-0.1, -0.05) is 36.8 Å². The van der Waals surface area contributed by atoms with Crippen LogP contribution in [0.2, 0.25) is 0 Å². The minimum absolute atomic E-state index is 0.0734. The lowest BCUT2D eigenvalue weighted by atomic mass is 9.73. The molecule has 1 aromatic rings. The Morgan fingerprint density at radius 1 is 1.28 bits per heavy atom. The van der Waals surface area contributed by atoms with Gasteiger partial charge in [0.15, 0.2) is 0 Å². The first kappa shape index (κ1) is 12.9. The van der Waals surface area contributed by atoms with Gasteiger partial charge in [0.2, 0.25) is 0 Å². The minimum atomic E-state index is -0.0982. The monoisotopic (exact) mass is 246 g/mol. The van der Waals surface area contributed by atoms with Crippen molar-refractivity contribution in [1.82, 2.24) is 10.6 Å². The predicted octanol–water partition coefficient (Wildman–Crippen LogP) is 3.06. The first-order chi connectivity index (χ1) is 8.58. The van der Waals surface area contributed by atoms with Crippen LogP contribution in [0.3, 0.4) is 0 Å². The van der Waals surface area contributed by atoms with E-state index in [0.29, 0.717) is 12.5 Å². The van der Waals surface area contributed by atoms with Crippen LogP contribution in [0.1, 0.15) is 38.7 Å². The molecule has 0 aliphatic heterocycles. The van der Waals surface area contributed by atoms with Crippen LogP contribution in [0.5, 0.6) is 0 Å². The summed E-state index contributed by atoms with van der Waals surface area (Å²) in [7, 11) is 0. The highest BCUT2D eigenvalue weighted by molar-refractivity contribution is 5.74. The van der Waals surface area contributed by atoms with Crippen molar-refractivity contribution in [3.63, 3.8) is 0 Å². The van der Waals surface area contributed by atoms with Gasteiger partial charge >= 0.3 is 6.03 Å². The molecule has 1 aromatic carbocycles. The summed E-state index contributed by atoms with van der Waals surface area (Å²) in [6.07, 6.45) is 3.75. The van der Waals surface area contributed by atoms with Crippen LogP contribution >= 0.6 is 0 Å². The van der Waals surface area contributed by atoms with Crippen molar-refractivity contribution in [2.75, 3.05) is 0 Å². The average molecular weight is 246 g/mol. The zero-order valence-corrected chi connectivity index (χ0v) is 11.2. The standard InChI is InChI=1S/C15H22N2O/c1-15(2,13-9-6-10-13)17-14(18)16-11-12-7-4-3-5-8-12/h3-5,7-8,13H,6,9-11H2,1-2H3,(H2,16,17,18). The van der Waals surface area contributed by atoms with Crippen LogP contribution in [0.15, 0.2) is 30.3 Å². The average Bonchev–Trinajstić information content (AvgIpc) is 2.24. The van der Waals surface area contributed by atoms with Gasteiger partial charge in [-0.3, -0.25) is 0 Å². The lowest BCUT2D eigenvalue weighted by Crippen LogP contribution is -2.54. The van der Waals surface area contributed by atoms with Crippen molar-refractivity contribution in [3.8, 4) is 0 Å². The third-order valence-corrected chi connectivity index (χ3v) is 3.86. The summed E-state index contributed by atoms with van der Waals surface area (Å²) < 4.78 is 0. The molecule has 0 radical (unpaired) electrons. The van der Waals surface area contributed by atoms with E-state index in [1.165, 1.54) is 19.3 Å². The van der Waals surface area contributed by atoms with Crippen molar-refractivity contribution in [3.05, 3.63) is 35.9 Å². The Morgan fingerprint density at radius 3 is 2.50 bits per heavy atom. The number of hydrogen-bond acceptors (Lipinski definition) is 1. The van der Waals surface area contributed by atoms with Gasteiger partial charge in [-0.05, 0) is 38.2 Å². The summed E-state index contributed by atoms with van der Waals surface area (Å²) in [6, 6.07) is 9.88. The first-order valence-electron chi connectivity index (χ1n) is 6.68. The van der Waals surface area contributed by atoms with Gasteiger partial charge in [0.25, 0.3) is 0 Å². The highest BCUT2D eigenvalue weighted by atomic mass is 16.2. The summed E-state index contributed by atoms with van der Waals surface area (Å²) in [6.45, 7) is 4.80. The van der Waals surface area contributed by atoms with E-state index in [-0.39, 0.29) is 11.6 Å². The maximum atomic E-state index is 11.9. The van der Waals surface area contributed by atoms with Crippen molar-refractivity contribution < 1.29 is 4.79 Å². The zero-order valence-electron chi connectivity index (χ0n) is 11.2. The molecule has 1 saturated carbocycles. The second-order valence-corrected chi connectivity index (χ2v) is 5.64. The first-order valence-corrected chi connectivity index (χ1v) is 6.68. The minimum Gasteiger partial charge on any atom is -0.334 e. The molecule has 1 aliphatic rings. The molecule has 18 heavy (non-hydrogen) atoms. The summed E-state index contributed by atoms with van der Waals surface area (Å²) in [5.74, 6) is 0.625. The second kappa shape index (κ2) is 5.42. The Morgan fingerprint density at radius 2 is 1.94 bits per heavy atom. The molecule has 0 bridgehead atoms. The Balaban J connectivity index is 1.78. The number of rotatable bonds is 4. The molecule has 2 amide bonds. The zero-order chi connectivity index (χ0) is 13.0. The Labute approximate surface area is 109 Å². The molecule has 3 heteroatoms. The number of benzene rings is 1. The van der Waals surface area contributed by atoms with Gasteiger partial charge in [-0.15, -0.1) is 0 Å². The fraction of sp³-hybridized carbons (Fsp3) is 0.533. The van der Waals surface area contributed by atoms with Gasteiger partial charge in [-0.25, -0.2) is 4.79 Å². The maximum absolute atomic E-state index is 11.9. The van der Waals surface area contributed by atoms with E-state index in [1.807, 2.05) is 30.3 Å². The molecule has 0 spiro atoms. The summed E-state index contributed by atoms with van der Waals surface area (Å²) in [5, 5.41) is 5.99. The summed E-state index contributed by atoms with van der Waals surface area (Å²) in [4.78, 5) is 11.9. The Bertz CT molecular complexity index is 396. The number of amides is 2. The molecule has 1 aliphatic carbocycles. The number of carbonyl (C=O) groups is 1. The Kier molecular flexibility index (Phi) is 3.90. The smallest absolute Gasteiger partial charge is 0.315 e. The van der Waals surface area contributed by atoms with Crippen LogP contribution < -0.4 is 10.6 Å². The van der Waals surface area contributed by atoms with Crippen LogP contribution in [0.25, 0.3) is 0 Å². The second-order valence-electron chi connectivity index (χ2n) is 5.64. The topological polar surface area (TPSA) is 41.1 Å². The Hall–Kier alpha value is -1.51. The number of nitrogens with one attached hydrogen (secondary N) is 2. The normalized spacial score (nSPS) is 15.9. The van der Waals surface area contributed by atoms with Crippen LogP contribution in [0.4, 0.5) is 4.79 Å². The maximum Gasteiger partial charge on any atom is 0.315 e. The quantitative estimate of drug-likeness (QED) is 0.842. The largest absolute Gasteiger partial charge is 0.334 e. The van der Waals surface area contributed by atoms with Gasteiger partial charge in [0, 0.05) is 12.1 Å². The molecule has 2 N–H and O–H groups in total. The van der Waals surface area contributed by atoms with Gasteiger partial charge in [0.1, 0.15) is 0 Å². The SMILES string of the molecule is CC(C)(NC(=O)NCc1ccccc1)C1CCC1. The van der Waals surface area contributed by atoms with E-state index in [0.717, 1.165) is 5.56 Å². The van der Waals surface area contributed by atoms with Crippen LogP contribution in [0, 0.1) is 5.92 Å². The fourth-order valence-electron chi connectivity index (χ4n) is 2.35. The highest BCUT2D eigenvalue weighted by Gasteiger charge is 2.34. The van der Waals surface area contributed by atoms with Crippen molar-refractivity contribution >= 4 is 6.03 Å². The molecular formula is C15H22N2O. The predicted molar refractivity (Wildman–Crippen MR) is 73.2 cm³/mol. The van der Waals surface area contributed by atoms with Crippen molar-refractivity contribution in [2.24, 2.45) is 5.92 Å². The molecule has 1 fully saturated rings. The van der Waals surface area contributed by atoms with E-state index in [9.17, 15) is 4.79 Å². The van der Waals surface area contributed by atoms with Crippen LogP contribution in [-0.4, -0.2) is 11.6 Å². The molecule has 98 valence electrons. The number of carbonyl (C=O) groups excluding carboxylic acids is 1. The van der Waals surface area contributed by atoms with Gasteiger partial charge in [-0.2, -0.15) is 0 Å². The molecule has 0 heterocycles. The third-order valence-electron chi connectivity index (χ3n) is 3.86. The molecule has 3 nitrogen and oxygen atoms in total. The molecule has 0 atom stereocenters. The molecular weight excluding hydrogens is 224 g/mol. The molecule has 0 unspecified atom stereocenters. The fourth-order valence-corrected chi connectivity index (χ4v) is 2.35. The van der Waals surface area contributed by atoms with Crippen molar-refractivity contribution in [2.45, 2.75) is 45.2 Å². The van der Waals surface area contributed by atoms with Crippen LogP contribution in [-0.2, 0) is 6.54 Å². The van der Waals surface area contributed by atoms with E-state index in [2.05, 4.69) is 24.5 Å². The summed E-state index contributed by atoms with van der Waals surface area (Å²) >= 11 is 0. The molecule has 0 aromatic heterocycles. The molecule has 2 rings (SSSR count).